The lowest BCUT2D eigenvalue weighted by Gasteiger charge is -2.14. The van der Waals surface area contributed by atoms with E-state index in [1.807, 2.05) is 12.3 Å². The second-order valence-corrected chi connectivity index (χ2v) is 5.42. The van der Waals surface area contributed by atoms with Gasteiger partial charge in [-0.15, -0.1) is 0 Å². The number of aromatic nitrogens is 2. The molecule has 0 bridgehead atoms. The summed E-state index contributed by atoms with van der Waals surface area (Å²) in [5, 5.41) is 3.40. The van der Waals surface area contributed by atoms with E-state index in [9.17, 15) is 0 Å². The smallest absolute Gasteiger partial charge is 0.157 e. The molecule has 4 heteroatoms. The van der Waals surface area contributed by atoms with E-state index in [4.69, 9.17) is 4.74 Å². The molecule has 0 amide bonds. The maximum Gasteiger partial charge on any atom is 0.157 e. The molecule has 1 saturated carbocycles. The first kappa shape index (κ1) is 13.4. The van der Waals surface area contributed by atoms with Crippen LogP contribution >= 0.6 is 0 Å². The van der Waals surface area contributed by atoms with Crippen molar-refractivity contribution in [3.8, 4) is 0 Å². The van der Waals surface area contributed by atoms with Gasteiger partial charge in [0.1, 0.15) is 6.10 Å². The van der Waals surface area contributed by atoms with Crippen LogP contribution in [0.2, 0.25) is 0 Å². The van der Waals surface area contributed by atoms with Crippen molar-refractivity contribution < 1.29 is 4.74 Å². The van der Waals surface area contributed by atoms with Crippen LogP contribution in [0.15, 0.2) is 12.3 Å². The van der Waals surface area contributed by atoms with Crippen molar-refractivity contribution in [1.82, 2.24) is 15.3 Å². The lowest BCUT2D eigenvalue weighted by molar-refractivity contribution is 0.0770. The Bertz CT molecular complexity index is 377. The van der Waals surface area contributed by atoms with Crippen LogP contribution < -0.4 is 5.32 Å². The molecule has 0 aromatic carbocycles. The van der Waals surface area contributed by atoms with E-state index in [0.29, 0.717) is 11.8 Å². The molecular formula is C14H23N3O. The summed E-state index contributed by atoms with van der Waals surface area (Å²) >= 11 is 0. The number of nitrogens with zero attached hydrogens (tertiary/aromatic N) is 2. The molecule has 1 unspecified atom stereocenters. The summed E-state index contributed by atoms with van der Waals surface area (Å²) in [6, 6.07) is 1.97. The second-order valence-electron chi connectivity index (χ2n) is 5.42. The van der Waals surface area contributed by atoms with Crippen molar-refractivity contribution in [2.24, 2.45) is 11.8 Å². The van der Waals surface area contributed by atoms with E-state index in [-0.39, 0.29) is 6.10 Å². The average Bonchev–Trinajstić information content (AvgIpc) is 3.15. The zero-order valence-electron chi connectivity index (χ0n) is 11.5. The molecule has 2 rings (SSSR count). The van der Waals surface area contributed by atoms with Gasteiger partial charge in [-0.3, -0.25) is 0 Å². The SMILES string of the molecule is COC(c1nccc(CNCC(C)C)n1)C1CC1. The first-order valence-electron chi connectivity index (χ1n) is 6.76. The number of hydrogen-bond acceptors (Lipinski definition) is 4. The predicted molar refractivity (Wildman–Crippen MR) is 71.1 cm³/mol. The van der Waals surface area contributed by atoms with E-state index in [1.165, 1.54) is 12.8 Å². The molecule has 0 saturated heterocycles. The Balaban J connectivity index is 1.95. The molecular weight excluding hydrogens is 226 g/mol. The van der Waals surface area contributed by atoms with Crippen LogP contribution in [0.25, 0.3) is 0 Å². The van der Waals surface area contributed by atoms with Crippen molar-refractivity contribution in [3.05, 3.63) is 23.8 Å². The fourth-order valence-corrected chi connectivity index (χ4v) is 2.05. The molecule has 1 aromatic rings. The first-order valence-corrected chi connectivity index (χ1v) is 6.76. The van der Waals surface area contributed by atoms with Crippen LogP contribution in [0.5, 0.6) is 0 Å². The molecule has 0 spiro atoms. The fourth-order valence-electron chi connectivity index (χ4n) is 2.05. The van der Waals surface area contributed by atoms with Gasteiger partial charge in [0.2, 0.25) is 0 Å². The summed E-state index contributed by atoms with van der Waals surface area (Å²) in [5.41, 5.74) is 1.04. The Morgan fingerprint density at radius 1 is 1.44 bits per heavy atom. The predicted octanol–water partition coefficient (Wildman–Crippen LogP) is 2.32. The summed E-state index contributed by atoms with van der Waals surface area (Å²) in [6.45, 7) is 6.21. The molecule has 0 radical (unpaired) electrons. The highest BCUT2D eigenvalue weighted by atomic mass is 16.5. The third kappa shape index (κ3) is 3.75. The molecule has 1 aliphatic carbocycles. The number of nitrogens with one attached hydrogen (secondary N) is 1. The van der Waals surface area contributed by atoms with Crippen molar-refractivity contribution in [2.45, 2.75) is 39.3 Å². The summed E-state index contributed by atoms with van der Waals surface area (Å²) < 4.78 is 5.51. The van der Waals surface area contributed by atoms with Crippen LogP contribution in [0, 0.1) is 11.8 Å². The minimum atomic E-state index is 0.0787. The minimum absolute atomic E-state index is 0.0787. The normalized spacial score (nSPS) is 17.1. The van der Waals surface area contributed by atoms with Gasteiger partial charge < -0.3 is 10.1 Å². The van der Waals surface area contributed by atoms with Crippen molar-refractivity contribution in [3.63, 3.8) is 0 Å². The molecule has 100 valence electrons. The highest BCUT2D eigenvalue weighted by molar-refractivity contribution is 5.06. The zero-order valence-corrected chi connectivity index (χ0v) is 11.5. The molecule has 4 nitrogen and oxygen atoms in total. The quantitative estimate of drug-likeness (QED) is 0.805. The standard InChI is InChI=1S/C14H23N3O/c1-10(2)8-15-9-12-6-7-16-14(17-12)13(18-3)11-4-5-11/h6-7,10-11,13,15H,4-5,8-9H2,1-3H3. The van der Waals surface area contributed by atoms with Crippen LogP contribution in [0.3, 0.4) is 0 Å². The Morgan fingerprint density at radius 3 is 2.83 bits per heavy atom. The molecule has 18 heavy (non-hydrogen) atoms. The number of hydrogen-bond donors (Lipinski definition) is 1. The lowest BCUT2D eigenvalue weighted by Crippen LogP contribution is -2.20. The second kappa shape index (κ2) is 6.25. The van der Waals surface area contributed by atoms with E-state index >= 15 is 0 Å². The van der Waals surface area contributed by atoms with Gasteiger partial charge in [-0.1, -0.05) is 13.8 Å². The Labute approximate surface area is 109 Å². The summed E-state index contributed by atoms with van der Waals surface area (Å²) in [4.78, 5) is 8.95. The molecule has 1 N–H and O–H groups in total. The zero-order chi connectivity index (χ0) is 13.0. The van der Waals surface area contributed by atoms with Crippen LogP contribution in [-0.2, 0) is 11.3 Å². The highest BCUT2D eigenvalue weighted by Crippen LogP contribution is 2.41. The monoisotopic (exact) mass is 249 g/mol. The number of ether oxygens (including phenoxy) is 1. The largest absolute Gasteiger partial charge is 0.373 e. The number of methoxy groups -OCH3 is 1. The van der Waals surface area contributed by atoms with Gasteiger partial charge in [0.15, 0.2) is 5.82 Å². The number of rotatable bonds is 7. The van der Waals surface area contributed by atoms with Gasteiger partial charge in [-0.25, -0.2) is 9.97 Å². The highest BCUT2D eigenvalue weighted by Gasteiger charge is 2.34. The molecule has 0 aliphatic heterocycles. The van der Waals surface area contributed by atoms with Gasteiger partial charge in [0.25, 0.3) is 0 Å². The summed E-state index contributed by atoms with van der Waals surface area (Å²) in [6.07, 6.45) is 4.38. The summed E-state index contributed by atoms with van der Waals surface area (Å²) in [5.74, 6) is 2.11. The van der Waals surface area contributed by atoms with E-state index in [2.05, 4.69) is 29.1 Å². The topological polar surface area (TPSA) is 47.0 Å². The first-order chi connectivity index (χ1) is 8.70. The fraction of sp³-hybridized carbons (Fsp3) is 0.714. The third-order valence-electron chi connectivity index (χ3n) is 3.15. The van der Waals surface area contributed by atoms with Gasteiger partial charge in [-0.05, 0) is 37.3 Å². The van der Waals surface area contributed by atoms with Crippen LogP contribution in [0.1, 0.15) is 44.3 Å². The van der Waals surface area contributed by atoms with Gasteiger partial charge in [0.05, 0.1) is 5.69 Å². The van der Waals surface area contributed by atoms with Gasteiger partial charge >= 0.3 is 0 Å². The lowest BCUT2D eigenvalue weighted by atomic mass is 10.2. The minimum Gasteiger partial charge on any atom is -0.373 e. The average molecular weight is 249 g/mol. The third-order valence-corrected chi connectivity index (χ3v) is 3.15. The Hall–Kier alpha value is -1.00. The Morgan fingerprint density at radius 2 is 2.22 bits per heavy atom. The molecule has 1 aliphatic rings. The van der Waals surface area contributed by atoms with Gasteiger partial charge in [0, 0.05) is 19.9 Å². The molecule has 1 heterocycles. The summed E-state index contributed by atoms with van der Waals surface area (Å²) in [7, 11) is 1.75. The van der Waals surface area contributed by atoms with Crippen LogP contribution in [0.4, 0.5) is 0 Å². The van der Waals surface area contributed by atoms with E-state index < -0.39 is 0 Å². The maximum atomic E-state index is 5.51. The molecule has 1 atom stereocenters. The van der Waals surface area contributed by atoms with Crippen LogP contribution in [-0.4, -0.2) is 23.6 Å². The maximum absolute atomic E-state index is 5.51. The van der Waals surface area contributed by atoms with Crippen molar-refractivity contribution in [1.29, 1.82) is 0 Å². The van der Waals surface area contributed by atoms with Crippen molar-refractivity contribution in [2.75, 3.05) is 13.7 Å². The van der Waals surface area contributed by atoms with E-state index in [0.717, 1.165) is 24.6 Å². The van der Waals surface area contributed by atoms with Crippen molar-refractivity contribution >= 4 is 0 Å². The van der Waals surface area contributed by atoms with Gasteiger partial charge in [-0.2, -0.15) is 0 Å². The molecule has 1 fully saturated rings. The Kier molecular flexibility index (Phi) is 4.66. The van der Waals surface area contributed by atoms with E-state index in [1.54, 1.807) is 7.11 Å². The molecule has 1 aromatic heterocycles.